The Bertz CT molecular complexity index is 666. The number of ether oxygens (including phenoxy) is 1. The third kappa shape index (κ3) is 6.25. The highest BCUT2D eigenvalue weighted by Crippen LogP contribution is 2.17. The first kappa shape index (κ1) is 20.6. The molecule has 0 bridgehead atoms. The molecule has 1 N–H and O–H groups in total. The average molecular weight is 466 g/mol. The minimum Gasteiger partial charge on any atom is -0.376 e. The Balaban J connectivity index is 0.00000243. The Kier molecular flexibility index (Phi) is 8.84. The number of nitrogens with one attached hydrogen (secondary N) is 1. The summed E-state index contributed by atoms with van der Waals surface area (Å²) in [6, 6.07) is 16.3. The first-order valence-corrected chi connectivity index (χ1v) is 8.82. The van der Waals surface area contributed by atoms with Gasteiger partial charge in [-0.15, -0.1) is 24.0 Å². The molecule has 140 valence electrons. The van der Waals surface area contributed by atoms with Gasteiger partial charge in [-0.3, -0.25) is 9.98 Å². The molecule has 1 unspecified atom stereocenters. The van der Waals surface area contributed by atoms with Gasteiger partial charge in [0.2, 0.25) is 0 Å². The maximum atomic E-state index is 5.90. The van der Waals surface area contributed by atoms with E-state index in [4.69, 9.17) is 4.74 Å². The molecular formula is C20H27IN4O. The van der Waals surface area contributed by atoms with Crippen LogP contribution in [0.1, 0.15) is 17.7 Å². The van der Waals surface area contributed by atoms with Crippen LogP contribution in [0.25, 0.3) is 0 Å². The number of hydrogen-bond acceptors (Lipinski definition) is 3. The highest BCUT2D eigenvalue weighted by Gasteiger charge is 2.24. The molecule has 1 saturated heterocycles. The number of benzene rings is 1. The number of aromatic nitrogens is 1. The van der Waals surface area contributed by atoms with Crippen molar-refractivity contribution in [3.8, 4) is 0 Å². The molecule has 1 atom stereocenters. The molecule has 3 rings (SSSR count). The number of pyridine rings is 1. The van der Waals surface area contributed by atoms with Gasteiger partial charge in [0.1, 0.15) is 0 Å². The molecule has 0 saturated carbocycles. The molecule has 0 amide bonds. The van der Waals surface area contributed by atoms with Gasteiger partial charge in [-0.1, -0.05) is 36.4 Å². The molecule has 1 aromatic carbocycles. The van der Waals surface area contributed by atoms with Crippen LogP contribution in [0.15, 0.2) is 59.7 Å². The van der Waals surface area contributed by atoms with Crippen molar-refractivity contribution in [1.29, 1.82) is 0 Å². The lowest BCUT2D eigenvalue weighted by Crippen LogP contribution is -2.40. The first-order valence-electron chi connectivity index (χ1n) is 8.82. The van der Waals surface area contributed by atoms with E-state index in [1.165, 1.54) is 5.56 Å². The fourth-order valence-corrected chi connectivity index (χ4v) is 3.08. The first-order chi connectivity index (χ1) is 12.3. The summed E-state index contributed by atoms with van der Waals surface area (Å²) in [5, 5.41) is 3.40. The van der Waals surface area contributed by atoms with Crippen LogP contribution in [-0.4, -0.2) is 42.6 Å². The number of hydrogen-bond donors (Lipinski definition) is 1. The van der Waals surface area contributed by atoms with Gasteiger partial charge < -0.3 is 15.0 Å². The fraction of sp³-hybridized carbons (Fsp3) is 0.400. The molecule has 1 fully saturated rings. The van der Waals surface area contributed by atoms with Crippen molar-refractivity contribution in [3.05, 3.63) is 66.0 Å². The van der Waals surface area contributed by atoms with Crippen molar-refractivity contribution in [2.45, 2.75) is 19.6 Å². The van der Waals surface area contributed by atoms with E-state index in [1.54, 1.807) is 0 Å². The molecule has 2 heterocycles. The molecule has 6 heteroatoms. The average Bonchev–Trinajstić information content (AvgIpc) is 3.13. The Hall–Kier alpha value is -1.67. The smallest absolute Gasteiger partial charge is 0.193 e. The highest BCUT2D eigenvalue weighted by molar-refractivity contribution is 14.0. The van der Waals surface area contributed by atoms with E-state index >= 15 is 0 Å². The van der Waals surface area contributed by atoms with Crippen LogP contribution in [0.2, 0.25) is 0 Å². The Morgan fingerprint density at radius 3 is 2.77 bits per heavy atom. The normalized spacial score (nSPS) is 17.0. The van der Waals surface area contributed by atoms with Gasteiger partial charge in [0.15, 0.2) is 5.96 Å². The molecule has 5 nitrogen and oxygen atoms in total. The van der Waals surface area contributed by atoms with Gasteiger partial charge in [0.25, 0.3) is 0 Å². The second-order valence-corrected chi connectivity index (χ2v) is 6.32. The Morgan fingerprint density at radius 1 is 1.23 bits per heavy atom. The molecule has 26 heavy (non-hydrogen) atoms. The van der Waals surface area contributed by atoms with Crippen LogP contribution >= 0.6 is 24.0 Å². The SMILES string of the molecule is CN=C(NCc1ccccn1)N1CCC(COCc2ccccc2)C1.I. The number of halogens is 1. The molecule has 1 aromatic heterocycles. The van der Waals surface area contributed by atoms with E-state index in [-0.39, 0.29) is 24.0 Å². The fourth-order valence-electron chi connectivity index (χ4n) is 3.08. The minimum atomic E-state index is 0. The minimum absolute atomic E-state index is 0. The van der Waals surface area contributed by atoms with E-state index in [2.05, 4.69) is 32.3 Å². The standard InChI is InChI=1S/C20H26N4O.HI/c1-21-20(23-13-19-9-5-6-11-22-19)24-12-10-18(14-24)16-25-15-17-7-3-2-4-8-17;/h2-9,11,18H,10,12-16H2,1H3,(H,21,23);1H. The highest BCUT2D eigenvalue weighted by atomic mass is 127. The summed E-state index contributed by atoms with van der Waals surface area (Å²) >= 11 is 0. The van der Waals surface area contributed by atoms with Crippen molar-refractivity contribution in [1.82, 2.24) is 15.2 Å². The van der Waals surface area contributed by atoms with Crippen LogP contribution in [0.4, 0.5) is 0 Å². The molecule has 0 spiro atoms. The Labute approximate surface area is 172 Å². The zero-order valence-corrected chi connectivity index (χ0v) is 17.5. The topological polar surface area (TPSA) is 49.8 Å². The molecule has 1 aliphatic heterocycles. The summed E-state index contributed by atoms with van der Waals surface area (Å²) in [6.07, 6.45) is 2.95. The van der Waals surface area contributed by atoms with Gasteiger partial charge >= 0.3 is 0 Å². The Morgan fingerprint density at radius 2 is 2.04 bits per heavy atom. The second-order valence-electron chi connectivity index (χ2n) is 6.32. The van der Waals surface area contributed by atoms with Crippen molar-refractivity contribution < 1.29 is 4.74 Å². The molecule has 2 aromatic rings. The maximum Gasteiger partial charge on any atom is 0.193 e. The van der Waals surface area contributed by atoms with E-state index in [0.29, 0.717) is 19.1 Å². The largest absolute Gasteiger partial charge is 0.376 e. The number of aliphatic imine (C=N–C) groups is 1. The lowest BCUT2D eigenvalue weighted by Gasteiger charge is -2.21. The summed E-state index contributed by atoms with van der Waals surface area (Å²) in [5.41, 5.74) is 2.25. The monoisotopic (exact) mass is 466 g/mol. The van der Waals surface area contributed by atoms with Gasteiger partial charge in [0, 0.05) is 32.3 Å². The second kappa shape index (κ2) is 11.1. The lowest BCUT2D eigenvalue weighted by molar-refractivity contribution is 0.0906. The molecule has 1 aliphatic rings. The predicted molar refractivity (Wildman–Crippen MR) is 116 cm³/mol. The summed E-state index contributed by atoms with van der Waals surface area (Å²) in [7, 11) is 1.83. The van der Waals surface area contributed by atoms with E-state index < -0.39 is 0 Å². The lowest BCUT2D eigenvalue weighted by atomic mass is 10.1. The van der Waals surface area contributed by atoms with Gasteiger partial charge in [0.05, 0.1) is 25.5 Å². The zero-order chi connectivity index (χ0) is 17.3. The van der Waals surface area contributed by atoms with Crippen LogP contribution < -0.4 is 5.32 Å². The van der Waals surface area contributed by atoms with Crippen LogP contribution in [0.3, 0.4) is 0 Å². The van der Waals surface area contributed by atoms with Crippen LogP contribution in [0.5, 0.6) is 0 Å². The third-order valence-corrected chi connectivity index (χ3v) is 4.42. The van der Waals surface area contributed by atoms with Gasteiger partial charge in [-0.25, -0.2) is 0 Å². The third-order valence-electron chi connectivity index (χ3n) is 4.42. The van der Waals surface area contributed by atoms with Gasteiger partial charge in [-0.2, -0.15) is 0 Å². The van der Waals surface area contributed by atoms with Gasteiger partial charge in [-0.05, 0) is 24.1 Å². The summed E-state index contributed by atoms with van der Waals surface area (Å²) in [6.45, 7) is 4.17. The summed E-state index contributed by atoms with van der Waals surface area (Å²) in [5.74, 6) is 1.49. The van der Waals surface area contributed by atoms with Crippen molar-refractivity contribution >= 4 is 29.9 Å². The summed E-state index contributed by atoms with van der Waals surface area (Å²) < 4.78 is 5.90. The quantitative estimate of drug-likeness (QED) is 0.403. The zero-order valence-electron chi connectivity index (χ0n) is 15.2. The number of rotatable bonds is 6. The number of guanidine groups is 1. The summed E-state index contributed by atoms with van der Waals surface area (Å²) in [4.78, 5) is 11.1. The van der Waals surface area contributed by atoms with E-state index in [0.717, 1.165) is 37.8 Å². The van der Waals surface area contributed by atoms with Crippen LogP contribution in [-0.2, 0) is 17.9 Å². The van der Waals surface area contributed by atoms with E-state index in [9.17, 15) is 0 Å². The van der Waals surface area contributed by atoms with Crippen LogP contribution in [0, 0.1) is 5.92 Å². The number of nitrogens with zero attached hydrogens (tertiary/aromatic N) is 3. The predicted octanol–water partition coefficient (Wildman–Crippen LogP) is 3.31. The maximum absolute atomic E-state index is 5.90. The molecule has 0 aliphatic carbocycles. The van der Waals surface area contributed by atoms with Crippen molar-refractivity contribution in [3.63, 3.8) is 0 Å². The van der Waals surface area contributed by atoms with E-state index in [1.807, 2.05) is 49.6 Å². The number of likely N-dealkylation sites (tertiary alicyclic amines) is 1. The molecular weight excluding hydrogens is 439 g/mol. The van der Waals surface area contributed by atoms with Crippen molar-refractivity contribution in [2.75, 3.05) is 26.7 Å². The molecule has 0 radical (unpaired) electrons. The van der Waals surface area contributed by atoms with Crippen molar-refractivity contribution in [2.24, 2.45) is 10.9 Å².